The normalized spacial score (nSPS) is 41.4. The maximum atomic E-state index is 4.02. The van der Waals surface area contributed by atoms with Gasteiger partial charge in [0.05, 0.1) is 0 Å². The topological polar surface area (TPSA) is 0 Å². The van der Waals surface area contributed by atoms with Crippen LogP contribution in [0.15, 0.2) is 12.7 Å². The molecule has 0 radical (unpaired) electrons. The predicted molar refractivity (Wildman–Crippen MR) is 62.2 cm³/mol. The second kappa shape index (κ2) is 3.72. The first-order valence-electron chi connectivity index (χ1n) is 6.29. The van der Waals surface area contributed by atoms with E-state index < -0.39 is 0 Å². The first-order chi connectivity index (χ1) is 6.66. The van der Waals surface area contributed by atoms with Crippen LogP contribution >= 0.6 is 0 Å². The van der Waals surface area contributed by atoms with Gasteiger partial charge in [0, 0.05) is 0 Å². The molecule has 0 N–H and O–H groups in total. The van der Waals surface area contributed by atoms with Gasteiger partial charge < -0.3 is 0 Å². The molecule has 0 aromatic rings. The van der Waals surface area contributed by atoms with Crippen molar-refractivity contribution in [3.63, 3.8) is 0 Å². The van der Waals surface area contributed by atoms with Gasteiger partial charge in [0.25, 0.3) is 0 Å². The molecule has 2 aliphatic rings. The van der Waals surface area contributed by atoms with Crippen LogP contribution in [0.25, 0.3) is 0 Å². The number of hydrogen-bond donors (Lipinski definition) is 0. The molecule has 0 aliphatic heterocycles. The van der Waals surface area contributed by atoms with Crippen LogP contribution in [0.2, 0.25) is 0 Å². The van der Waals surface area contributed by atoms with Gasteiger partial charge in [0.15, 0.2) is 0 Å². The lowest BCUT2D eigenvalue weighted by Crippen LogP contribution is -2.42. The number of allylic oxidation sites excluding steroid dienone is 1. The average molecular weight is 192 g/mol. The Balaban J connectivity index is 2.17. The third kappa shape index (κ3) is 1.53. The van der Waals surface area contributed by atoms with Crippen molar-refractivity contribution in [1.29, 1.82) is 0 Å². The number of hydrogen-bond acceptors (Lipinski definition) is 0. The molecule has 0 nitrogen and oxygen atoms in total. The van der Waals surface area contributed by atoms with Crippen LogP contribution in [0, 0.1) is 23.2 Å². The van der Waals surface area contributed by atoms with Gasteiger partial charge in [-0.1, -0.05) is 39.2 Å². The van der Waals surface area contributed by atoms with Gasteiger partial charge in [-0.15, -0.1) is 6.58 Å². The monoisotopic (exact) mass is 192 g/mol. The molecule has 80 valence electrons. The van der Waals surface area contributed by atoms with E-state index in [1.165, 1.54) is 38.5 Å². The van der Waals surface area contributed by atoms with Crippen LogP contribution < -0.4 is 0 Å². The van der Waals surface area contributed by atoms with Gasteiger partial charge >= 0.3 is 0 Å². The number of fused-ring (bicyclic) bond motifs is 1. The van der Waals surface area contributed by atoms with Crippen molar-refractivity contribution in [1.82, 2.24) is 0 Å². The third-order valence-electron chi connectivity index (χ3n) is 4.95. The van der Waals surface area contributed by atoms with Crippen LogP contribution in [0.4, 0.5) is 0 Å². The zero-order chi connectivity index (χ0) is 10.2. The van der Waals surface area contributed by atoms with Crippen molar-refractivity contribution >= 4 is 0 Å². The fourth-order valence-corrected chi connectivity index (χ4v) is 3.99. The molecule has 2 aliphatic carbocycles. The van der Waals surface area contributed by atoms with Crippen LogP contribution in [-0.2, 0) is 0 Å². The minimum absolute atomic E-state index is 0.519. The van der Waals surface area contributed by atoms with Gasteiger partial charge in [-0.3, -0.25) is 0 Å². The van der Waals surface area contributed by atoms with E-state index in [0.717, 1.165) is 17.8 Å². The van der Waals surface area contributed by atoms with Crippen molar-refractivity contribution in [2.75, 3.05) is 0 Å². The van der Waals surface area contributed by atoms with Crippen LogP contribution in [0.3, 0.4) is 0 Å². The molecule has 0 heterocycles. The lowest BCUT2D eigenvalue weighted by atomic mass is 9.54. The van der Waals surface area contributed by atoms with Crippen molar-refractivity contribution < 1.29 is 0 Å². The van der Waals surface area contributed by atoms with Gasteiger partial charge in [0.1, 0.15) is 0 Å². The Kier molecular flexibility index (Phi) is 2.72. The molecule has 3 unspecified atom stereocenters. The lowest BCUT2D eigenvalue weighted by Gasteiger charge is -2.50. The molecule has 3 atom stereocenters. The Morgan fingerprint density at radius 1 is 1.07 bits per heavy atom. The second-order valence-corrected chi connectivity index (χ2v) is 5.89. The van der Waals surface area contributed by atoms with Gasteiger partial charge in [-0.2, -0.15) is 0 Å². The summed E-state index contributed by atoms with van der Waals surface area (Å²) in [6.45, 7) is 8.97. The summed E-state index contributed by atoms with van der Waals surface area (Å²) >= 11 is 0. The summed E-state index contributed by atoms with van der Waals surface area (Å²) in [4.78, 5) is 0. The van der Waals surface area contributed by atoms with Crippen LogP contribution in [0.1, 0.15) is 52.4 Å². The van der Waals surface area contributed by atoms with E-state index in [9.17, 15) is 0 Å². The maximum Gasteiger partial charge on any atom is -0.0182 e. The molecule has 0 aromatic carbocycles. The molecule has 0 aromatic heterocycles. The largest absolute Gasteiger partial charge is 0.103 e. The SMILES string of the molecule is C=CC1CCC2CCCCC2C1(C)C. The predicted octanol–water partition coefficient (Wildman–Crippen LogP) is 4.42. The molecular weight excluding hydrogens is 168 g/mol. The van der Waals surface area contributed by atoms with Gasteiger partial charge in [-0.05, 0) is 42.4 Å². The van der Waals surface area contributed by atoms with E-state index in [4.69, 9.17) is 0 Å². The van der Waals surface area contributed by atoms with E-state index in [1.807, 2.05) is 0 Å². The molecule has 2 fully saturated rings. The Morgan fingerprint density at radius 2 is 1.79 bits per heavy atom. The Morgan fingerprint density at radius 3 is 2.50 bits per heavy atom. The molecular formula is C14H24. The summed E-state index contributed by atoms with van der Waals surface area (Å²) < 4.78 is 0. The highest BCUT2D eigenvalue weighted by molar-refractivity contribution is 5.00. The smallest absolute Gasteiger partial charge is 0.0182 e. The molecule has 2 rings (SSSR count). The Hall–Kier alpha value is -0.260. The Labute approximate surface area is 88.8 Å². The summed E-state index contributed by atoms with van der Waals surface area (Å²) in [7, 11) is 0. The van der Waals surface area contributed by atoms with Crippen molar-refractivity contribution in [3.05, 3.63) is 12.7 Å². The van der Waals surface area contributed by atoms with E-state index in [2.05, 4.69) is 26.5 Å². The van der Waals surface area contributed by atoms with E-state index in [-0.39, 0.29) is 0 Å². The molecule has 2 saturated carbocycles. The highest BCUT2D eigenvalue weighted by atomic mass is 14.5. The molecule has 0 heteroatoms. The minimum atomic E-state index is 0.519. The highest BCUT2D eigenvalue weighted by Crippen LogP contribution is 2.53. The number of rotatable bonds is 1. The van der Waals surface area contributed by atoms with E-state index in [0.29, 0.717) is 5.41 Å². The minimum Gasteiger partial charge on any atom is -0.103 e. The van der Waals surface area contributed by atoms with Crippen molar-refractivity contribution in [3.8, 4) is 0 Å². The maximum absolute atomic E-state index is 4.02. The summed E-state index contributed by atoms with van der Waals surface area (Å²) in [5, 5.41) is 0. The summed E-state index contributed by atoms with van der Waals surface area (Å²) in [5.41, 5.74) is 0.519. The highest BCUT2D eigenvalue weighted by Gasteiger charge is 2.44. The molecule has 14 heavy (non-hydrogen) atoms. The average Bonchev–Trinajstić information content (AvgIpc) is 2.18. The van der Waals surface area contributed by atoms with Gasteiger partial charge in [-0.25, -0.2) is 0 Å². The van der Waals surface area contributed by atoms with Crippen LogP contribution in [0.5, 0.6) is 0 Å². The molecule has 0 saturated heterocycles. The fraction of sp³-hybridized carbons (Fsp3) is 0.857. The zero-order valence-electron chi connectivity index (χ0n) is 9.76. The first-order valence-corrected chi connectivity index (χ1v) is 6.29. The summed E-state index contributed by atoms with van der Waals surface area (Å²) in [6.07, 6.45) is 11.0. The molecule has 0 bridgehead atoms. The van der Waals surface area contributed by atoms with E-state index in [1.54, 1.807) is 0 Å². The van der Waals surface area contributed by atoms with Crippen LogP contribution in [-0.4, -0.2) is 0 Å². The van der Waals surface area contributed by atoms with Crippen molar-refractivity contribution in [2.45, 2.75) is 52.4 Å². The molecule has 0 spiro atoms. The zero-order valence-corrected chi connectivity index (χ0v) is 9.76. The van der Waals surface area contributed by atoms with Crippen molar-refractivity contribution in [2.24, 2.45) is 23.2 Å². The quantitative estimate of drug-likeness (QED) is 0.540. The Bertz CT molecular complexity index is 214. The standard InChI is InChI=1S/C14H24/c1-4-12-10-9-11-7-5-6-8-13(11)14(12,2)3/h4,11-13H,1,5-10H2,2-3H3. The van der Waals surface area contributed by atoms with Gasteiger partial charge in [0.2, 0.25) is 0 Å². The third-order valence-corrected chi connectivity index (χ3v) is 4.95. The summed E-state index contributed by atoms with van der Waals surface area (Å²) in [5.74, 6) is 2.78. The van der Waals surface area contributed by atoms with E-state index >= 15 is 0 Å². The molecule has 0 amide bonds. The fourth-order valence-electron chi connectivity index (χ4n) is 3.99. The second-order valence-electron chi connectivity index (χ2n) is 5.89. The lowest BCUT2D eigenvalue weighted by molar-refractivity contribution is 0.00684. The summed E-state index contributed by atoms with van der Waals surface area (Å²) in [6, 6.07) is 0. The first kappa shape index (κ1) is 10.3.